The third-order valence-electron chi connectivity index (χ3n) is 3.98. The van der Waals surface area contributed by atoms with Crippen molar-refractivity contribution >= 4 is 62.4 Å². The Morgan fingerprint density at radius 2 is 2.00 bits per heavy atom. The molecule has 0 spiro atoms. The highest BCUT2D eigenvalue weighted by molar-refractivity contribution is 8.01. The molecule has 0 aliphatic heterocycles. The number of thiazole rings is 1. The van der Waals surface area contributed by atoms with Crippen molar-refractivity contribution in [2.24, 2.45) is 0 Å². The molecular formula is C19H18ClN3O2S2. The van der Waals surface area contributed by atoms with E-state index in [1.54, 1.807) is 6.07 Å². The number of benzene rings is 2. The number of nitrogens with zero attached hydrogens (tertiary/aromatic N) is 1. The van der Waals surface area contributed by atoms with Crippen LogP contribution in [0.3, 0.4) is 0 Å². The van der Waals surface area contributed by atoms with Crippen LogP contribution < -0.4 is 10.6 Å². The van der Waals surface area contributed by atoms with Gasteiger partial charge in [0.25, 0.3) is 0 Å². The zero-order chi connectivity index (χ0) is 19.4. The van der Waals surface area contributed by atoms with Gasteiger partial charge >= 0.3 is 0 Å². The molecule has 0 saturated heterocycles. The number of aryl methyl sites for hydroxylation is 1. The van der Waals surface area contributed by atoms with Gasteiger partial charge in [-0.1, -0.05) is 35.5 Å². The van der Waals surface area contributed by atoms with Crippen molar-refractivity contribution in [3.05, 3.63) is 52.5 Å². The van der Waals surface area contributed by atoms with E-state index in [-0.39, 0.29) is 24.1 Å². The zero-order valence-corrected chi connectivity index (χ0v) is 17.2. The van der Waals surface area contributed by atoms with Crippen LogP contribution in [-0.2, 0) is 9.59 Å². The predicted molar refractivity (Wildman–Crippen MR) is 113 cm³/mol. The Morgan fingerprint density at radius 3 is 2.81 bits per heavy atom. The van der Waals surface area contributed by atoms with E-state index in [0.717, 1.165) is 31.4 Å². The monoisotopic (exact) mass is 419 g/mol. The first kappa shape index (κ1) is 19.7. The summed E-state index contributed by atoms with van der Waals surface area (Å²) in [6.45, 7) is 3.87. The van der Waals surface area contributed by atoms with Crippen LogP contribution in [0.2, 0.25) is 5.02 Å². The first-order chi connectivity index (χ1) is 12.9. The highest BCUT2D eigenvalue weighted by Crippen LogP contribution is 2.30. The number of nitrogens with one attached hydrogen (secondary N) is 2. The number of carbonyl (C=O) groups excluding carboxylic acids is 2. The molecule has 140 valence electrons. The van der Waals surface area contributed by atoms with E-state index >= 15 is 0 Å². The Balaban J connectivity index is 1.47. The lowest BCUT2D eigenvalue weighted by Gasteiger charge is -2.10. The Labute approximate surface area is 170 Å². The van der Waals surface area contributed by atoms with E-state index in [9.17, 15) is 9.59 Å². The van der Waals surface area contributed by atoms with Crippen molar-refractivity contribution in [3.63, 3.8) is 0 Å². The first-order valence-corrected chi connectivity index (χ1v) is 10.4. The van der Waals surface area contributed by atoms with Gasteiger partial charge in [0.1, 0.15) is 0 Å². The minimum atomic E-state index is -0.253. The topological polar surface area (TPSA) is 71.1 Å². The van der Waals surface area contributed by atoms with Crippen LogP contribution in [0.4, 0.5) is 5.69 Å². The van der Waals surface area contributed by atoms with Gasteiger partial charge in [-0.05, 0) is 49.2 Å². The smallest absolute Gasteiger partial charge is 0.243 e. The van der Waals surface area contributed by atoms with Crippen molar-refractivity contribution in [1.29, 1.82) is 0 Å². The van der Waals surface area contributed by atoms with E-state index < -0.39 is 0 Å². The summed E-state index contributed by atoms with van der Waals surface area (Å²) in [6, 6.07) is 11.2. The molecular weight excluding hydrogens is 402 g/mol. The summed E-state index contributed by atoms with van der Waals surface area (Å²) < 4.78 is 1.82. The standard InChI is InChI=1S/C19H18ClN3O2S2/c1-11-4-3-5-14(12(11)2)22-17(24)9-21-18(25)10-26-19-23-15-8-13(20)6-7-16(15)27-19/h3-8H,9-10H2,1-2H3,(H,21,25)(H,22,24). The number of hydrogen-bond acceptors (Lipinski definition) is 5. The fourth-order valence-electron chi connectivity index (χ4n) is 2.38. The second-order valence-corrected chi connectivity index (χ2v) is 8.64. The molecule has 27 heavy (non-hydrogen) atoms. The third-order valence-corrected chi connectivity index (χ3v) is 6.40. The number of carbonyl (C=O) groups is 2. The second-order valence-electron chi connectivity index (χ2n) is 5.95. The molecule has 0 bridgehead atoms. The van der Waals surface area contributed by atoms with Gasteiger partial charge in [0.2, 0.25) is 11.8 Å². The molecule has 2 aromatic carbocycles. The van der Waals surface area contributed by atoms with E-state index in [4.69, 9.17) is 11.6 Å². The lowest BCUT2D eigenvalue weighted by molar-refractivity contribution is -0.122. The van der Waals surface area contributed by atoms with Crippen LogP contribution >= 0.6 is 34.7 Å². The lowest BCUT2D eigenvalue weighted by Crippen LogP contribution is -2.34. The molecule has 0 atom stereocenters. The van der Waals surface area contributed by atoms with Gasteiger partial charge in [-0.25, -0.2) is 4.98 Å². The Bertz CT molecular complexity index is 1000. The lowest BCUT2D eigenvalue weighted by atomic mass is 10.1. The number of aromatic nitrogens is 1. The number of halogens is 1. The first-order valence-electron chi connectivity index (χ1n) is 8.24. The largest absolute Gasteiger partial charge is 0.346 e. The van der Waals surface area contributed by atoms with E-state index in [2.05, 4.69) is 15.6 Å². The zero-order valence-electron chi connectivity index (χ0n) is 14.8. The van der Waals surface area contributed by atoms with Gasteiger partial charge in [0.15, 0.2) is 4.34 Å². The highest BCUT2D eigenvalue weighted by Gasteiger charge is 2.10. The molecule has 2 N–H and O–H groups in total. The van der Waals surface area contributed by atoms with Crippen LogP contribution in [0.25, 0.3) is 10.2 Å². The normalized spacial score (nSPS) is 10.8. The van der Waals surface area contributed by atoms with Gasteiger partial charge < -0.3 is 10.6 Å². The minimum absolute atomic E-state index is 0.0672. The number of fused-ring (bicyclic) bond motifs is 1. The molecule has 1 heterocycles. The summed E-state index contributed by atoms with van der Waals surface area (Å²) in [7, 11) is 0. The number of anilines is 1. The van der Waals surface area contributed by atoms with Gasteiger partial charge in [-0.15, -0.1) is 11.3 Å². The molecule has 8 heteroatoms. The van der Waals surface area contributed by atoms with Gasteiger partial charge in [-0.2, -0.15) is 0 Å². The van der Waals surface area contributed by atoms with Crippen molar-refractivity contribution in [2.75, 3.05) is 17.6 Å². The Morgan fingerprint density at radius 1 is 1.19 bits per heavy atom. The number of rotatable bonds is 6. The average Bonchev–Trinajstić information content (AvgIpc) is 3.04. The van der Waals surface area contributed by atoms with E-state index in [0.29, 0.717) is 5.02 Å². The van der Waals surface area contributed by atoms with Crippen LogP contribution in [0.15, 0.2) is 40.7 Å². The SMILES string of the molecule is Cc1cccc(NC(=O)CNC(=O)CSc2nc3cc(Cl)ccc3s2)c1C. The molecule has 2 amide bonds. The molecule has 0 fully saturated rings. The van der Waals surface area contributed by atoms with E-state index in [1.165, 1.54) is 23.1 Å². The predicted octanol–water partition coefficient (Wildman–Crippen LogP) is 4.41. The molecule has 3 rings (SSSR count). The summed E-state index contributed by atoms with van der Waals surface area (Å²) >= 11 is 8.81. The highest BCUT2D eigenvalue weighted by atomic mass is 35.5. The average molecular weight is 420 g/mol. The molecule has 5 nitrogen and oxygen atoms in total. The van der Waals surface area contributed by atoms with Gasteiger partial charge in [0, 0.05) is 10.7 Å². The number of amides is 2. The van der Waals surface area contributed by atoms with E-state index in [1.807, 2.05) is 44.2 Å². The van der Waals surface area contributed by atoms with Crippen LogP contribution in [0.1, 0.15) is 11.1 Å². The van der Waals surface area contributed by atoms with Crippen molar-refractivity contribution < 1.29 is 9.59 Å². The molecule has 0 saturated carbocycles. The summed E-state index contributed by atoms with van der Waals surface area (Å²) in [6.07, 6.45) is 0. The quantitative estimate of drug-likeness (QED) is 0.580. The summed E-state index contributed by atoms with van der Waals surface area (Å²) in [5, 5.41) is 6.09. The summed E-state index contributed by atoms with van der Waals surface area (Å²) in [4.78, 5) is 28.5. The van der Waals surface area contributed by atoms with Crippen molar-refractivity contribution in [1.82, 2.24) is 10.3 Å². The Kier molecular flexibility index (Phi) is 6.36. The summed E-state index contributed by atoms with van der Waals surface area (Å²) in [5.41, 5.74) is 3.70. The molecule has 3 aromatic rings. The molecule has 0 unspecified atom stereocenters. The van der Waals surface area contributed by atoms with Crippen LogP contribution in [-0.4, -0.2) is 29.1 Å². The fourth-order valence-corrected chi connectivity index (χ4v) is 4.42. The molecule has 0 aliphatic carbocycles. The molecule has 0 radical (unpaired) electrons. The maximum absolute atomic E-state index is 12.0. The van der Waals surface area contributed by atoms with Gasteiger partial charge in [-0.3, -0.25) is 9.59 Å². The molecule has 0 aliphatic rings. The maximum atomic E-state index is 12.0. The number of thioether (sulfide) groups is 1. The minimum Gasteiger partial charge on any atom is -0.346 e. The third kappa shape index (κ3) is 5.22. The van der Waals surface area contributed by atoms with Gasteiger partial charge in [0.05, 0.1) is 22.5 Å². The maximum Gasteiger partial charge on any atom is 0.243 e. The molecule has 1 aromatic heterocycles. The fraction of sp³-hybridized carbons (Fsp3) is 0.211. The Hall–Kier alpha value is -2.09. The van der Waals surface area contributed by atoms with Crippen LogP contribution in [0, 0.1) is 13.8 Å². The van der Waals surface area contributed by atoms with Crippen molar-refractivity contribution in [3.8, 4) is 0 Å². The van der Waals surface area contributed by atoms with Crippen LogP contribution in [0.5, 0.6) is 0 Å². The van der Waals surface area contributed by atoms with Crippen molar-refractivity contribution in [2.45, 2.75) is 18.2 Å². The summed E-state index contributed by atoms with van der Waals surface area (Å²) in [5.74, 6) is -0.269. The second kappa shape index (κ2) is 8.73. The number of hydrogen-bond donors (Lipinski definition) is 2.